The van der Waals surface area contributed by atoms with Crippen LogP contribution in [0.1, 0.15) is 29.3 Å². The van der Waals surface area contributed by atoms with Gasteiger partial charge in [0.2, 0.25) is 0 Å². The number of nitrogens with zero attached hydrogens (tertiary/aromatic N) is 5. The fraction of sp³-hybridized carbons (Fsp3) is 0.273. The standard InChI is InChI=1S/C22H24N6O/c1-3-28-21-19(14-25-28)18(12-20(26-21)17-9-5-4-6-10-17)22(29)23-11-7-8-16-13-24-27(2)15-16/h4-6,9-10,12-15H,3,7-8,11H2,1-2H3,(H,23,29). The maximum Gasteiger partial charge on any atom is 0.252 e. The summed E-state index contributed by atoms with van der Waals surface area (Å²) in [6, 6.07) is 11.8. The third kappa shape index (κ3) is 4.03. The number of aromatic nitrogens is 5. The lowest BCUT2D eigenvalue weighted by Crippen LogP contribution is -2.25. The average molecular weight is 388 g/mol. The molecule has 1 amide bonds. The Labute approximate surface area is 169 Å². The highest BCUT2D eigenvalue weighted by atomic mass is 16.1. The van der Waals surface area contributed by atoms with Crippen molar-refractivity contribution in [3.05, 3.63) is 66.1 Å². The summed E-state index contributed by atoms with van der Waals surface area (Å²) in [5.74, 6) is -0.101. The number of hydrogen-bond acceptors (Lipinski definition) is 4. The van der Waals surface area contributed by atoms with Gasteiger partial charge >= 0.3 is 0 Å². The SMILES string of the molecule is CCn1ncc2c(C(=O)NCCCc3cnn(C)c3)cc(-c3ccccc3)nc21. The molecule has 7 heteroatoms. The van der Waals surface area contributed by atoms with Crippen LogP contribution in [0, 0.1) is 0 Å². The van der Waals surface area contributed by atoms with E-state index in [4.69, 9.17) is 4.98 Å². The lowest BCUT2D eigenvalue weighted by atomic mass is 10.1. The number of benzene rings is 1. The average Bonchev–Trinajstić information content (AvgIpc) is 3.36. The highest BCUT2D eigenvalue weighted by molar-refractivity contribution is 6.06. The van der Waals surface area contributed by atoms with Crippen molar-refractivity contribution >= 4 is 16.9 Å². The number of amides is 1. The van der Waals surface area contributed by atoms with Gasteiger partial charge in [0.15, 0.2) is 5.65 Å². The van der Waals surface area contributed by atoms with Gasteiger partial charge in [-0.15, -0.1) is 0 Å². The van der Waals surface area contributed by atoms with E-state index in [1.807, 2.05) is 67.4 Å². The number of rotatable bonds is 7. The summed E-state index contributed by atoms with van der Waals surface area (Å²) in [6.45, 7) is 3.31. The quantitative estimate of drug-likeness (QED) is 0.493. The molecule has 3 heterocycles. The molecule has 0 fully saturated rings. The molecule has 0 aliphatic carbocycles. The van der Waals surface area contributed by atoms with Crippen LogP contribution in [-0.4, -0.2) is 37.0 Å². The van der Waals surface area contributed by atoms with Gasteiger partial charge in [-0.25, -0.2) is 9.67 Å². The molecule has 148 valence electrons. The lowest BCUT2D eigenvalue weighted by molar-refractivity contribution is 0.0955. The Morgan fingerprint density at radius 3 is 2.69 bits per heavy atom. The molecule has 1 N–H and O–H groups in total. The summed E-state index contributed by atoms with van der Waals surface area (Å²) < 4.78 is 3.61. The molecule has 0 aliphatic heterocycles. The van der Waals surface area contributed by atoms with Crippen molar-refractivity contribution in [3.8, 4) is 11.3 Å². The van der Waals surface area contributed by atoms with Crippen molar-refractivity contribution in [3.63, 3.8) is 0 Å². The monoisotopic (exact) mass is 388 g/mol. The topological polar surface area (TPSA) is 77.6 Å². The molecule has 0 radical (unpaired) electrons. The molecule has 3 aromatic heterocycles. The minimum absolute atomic E-state index is 0.101. The van der Waals surface area contributed by atoms with E-state index in [0.717, 1.165) is 35.1 Å². The number of aryl methyl sites for hydroxylation is 3. The van der Waals surface area contributed by atoms with E-state index < -0.39 is 0 Å². The molecule has 7 nitrogen and oxygen atoms in total. The molecule has 0 aliphatic rings. The van der Waals surface area contributed by atoms with E-state index in [-0.39, 0.29) is 5.91 Å². The van der Waals surface area contributed by atoms with Crippen LogP contribution in [0.4, 0.5) is 0 Å². The van der Waals surface area contributed by atoms with Crippen LogP contribution in [0.5, 0.6) is 0 Å². The van der Waals surface area contributed by atoms with Gasteiger partial charge in [-0.3, -0.25) is 9.48 Å². The Balaban J connectivity index is 1.56. The van der Waals surface area contributed by atoms with Crippen LogP contribution in [0.25, 0.3) is 22.3 Å². The minimum Gasteiger partial charge on any atom is -0.352 e. The number of carbonyl (C=O) groups excluding carboxylic acids is 1. The summed E-state index contributed by atoms with van der Waals surface area (Å²) in [4.78, 5) is 17.7. The Hall–Kier alpha value is -3.48. The molecule has 0 bridgehead atoms. The van der Waals surface area contributed by atoms with Gasteiger partial charge in [0.25, 0.3) is 5.91 Å². The van der Waals surface area contributed by atoms with Crippen molar-refractivity contribution in [2.75, 3.05) is 6.54 Å². The van der Waals surface area contributed by atoms with Crippen LogP contribution in [0.3, 0.4) is 0 Å². The first-order valence-electron chi connectivity index (χ1n) is 9.83. The number of pyridine rings is 1. The van der Waals surface area contributed by atoms with E-state index in [1.54, 1.807) is 10.9 Å². The summed E-state index contributed by atoms with van der Waals surface area (Å²) in [7, 11) is 1.90. The van der Waals surface area contributed by atoms with Crippen molar-refractivity contribution < 1.29 is 4.79 Å². The maximum absolute atomic E-state index is 13.0. The van der Waals surface area contributed by atoms with Crippen LogP contribution in [0.2, 0.25) is 0 Å². The second-order valence-corrected chi connectivity index (χ2v) is 7.00. The van der Waals surface area contributed by atoms with Gasteiger partial charge in [0.05, 0.1) is 29.0 Å². The second-order valence-electron chi connectivity index (χ2n) is 7.00. The van der Waals surface area contributed by atoms with Crippen LogP contribution >= 0.6 is 0 Å². The normalized spacial score (nSPS) is 11.1. The number of nitrogens with one attached hydrogen (secondary N) is 1. The van der Waals surface area contributed by atoms with Gasteiger partial charge in [0, 0.05) is 31.9 Å². The van der Waals surface area contributed by atoms with Crippen LogP contribution in [0.15, 0.2) is 55.0 Å². The smallest absolute Gasteiger partial charge is 0.252 e. The Morgan fingerprint density at radius 1 is 1.14 bits per heavy atom. The second kappa shape index (κ2) is 8.26. The minimum atomic E-state index is -0.101. The first-order valence-corrected chi connectivity index (χ1v) is 9.83. The maximum atomic E-state index is 13.0. The molecule has 0 spiro atoms. The predicted molar refractivity (Wildman–Crippen MR) is 113 cm³/mol. The first kappa shape index (κ1) is 18.9. The van der Waals surface area contributed by atoms with Gasteiger partial charge < -0.3 is 5.32 Å². The zero-order valence-electron chi connectivity index (χ0n) is 16.7. The van der Waals surface area contributed by atoms with Crippen molar-refractivity contribution in [1.29, 1.82) is 0 Å². The molecular formula is C22H24N6O. The zero-order chi connectivity index (χ0) is 20.2. The summed E-state index contributed by atoms with van der Waals surface area (Å²) >= 11 is 0. The number of carbonyl (C=O) groups is 1. The molecule has 29 heavy (non-hydrogen) atoms. The Kier molecular flexibility index (Phi) is 5.37. The van der Waals surface area contributed by atoms with Crippen molar-refractivity contribution in [1.82, 2.24) is 29.9 Å². The largest absolute Gasteiger partial charge is 0.352 e. The van der Waals surface area contributed by atoms with Gasteiger partial charge in [-0.2, -0.15) is 10.2 Å². The summed E-state index contributed by atoms with van der Waals surface area (Å²) in [5.41, 5.74) is 4.26. The number of fused-ring (bicyclic) bond motifs is 1. The number of hydrogen-bond donors (Lipinski definition) is 1. The lowest BCUT2D eigenvalue weighted by Gasteiger charge is -2.09. The summed E-state index contributed by atoms with van der Waals surface area (Å²) in [5, 5.41) is 12.4. The van der Waals surface area contributed by atoms with Crippen LogP contribution < -0.4 is 5.32 Å². The molecule has 4 rings (SSSR count). The third-order valence-electron chi connectivity index (χ3n) is 4.91. The van der Waals surface area contributed by atoms with E-state index in [1.165, 1.54) is 5.56 Å². The van der Waals surface area contributed by atoms with E-state index in [2.05, 4.69) is 15.5 Å². The third-order valence-corrected chi connectivity index (χ3v) is 4.91. The molecule has 0 saturated carbocycles. The highest BCUT2D eigenvalue weighted by Crippen LogP contribution is 2.24. The van der Waals surface area contributed by atoms with E-state index >= 15 is 0 Å². The van der Waals surface area contributed by atoms with Crippen molar-refractivity contribution in [2.45, 2.75) is 26.3 Å². The Morgan fingerprint density at radius 2 is 1.97 bits per heavy atom. The molecule has 4 aromatic rings. The van der Waals surface area contributed by atoms with Gasteiger partial charge in [0.1, 0.15) is 0 Å². The molecular weight excluding hydrogens is 364 g/mol. The summed E-state index contributed by atoms with van der Waals surface area (Å²) in [6.07, 6.45) is 7.32. The highest BCUT2D eigenvalue weighted by Gasteiger charge is 2.17. The van der Waals surface area contributed by atoms with E-state index in [0.29, 0.717) is 18.7 Å². The predicted octanol–water partition coefficient (Wildman–Crippen LogP) is 3.21. The van der Waals surface area contributed by atoms with Crippen LogP contribution in [-0.2, 0) is 20.0 Å². The Bertz CT molecular complexity index is 1130. The van der Waals surface area contributed by atoms with E-state index in [9.17, 15) is 4.79 Å². The zero-order valence-corrected chi connectivity index (χ0v) is 16.7. The molecule has 0 saturated heterocycles. The fourth-order valence-corrected chi connectivity index (χ4v) is 3.41. The van der Waals surface area contributed by atoms with Gasteiger partial charge in [-0.1, -0.05) is 30.3 Å². The molecule has 0 unspecified atom stereocenters. The van der Waals surface area contributed by atoms with Crippen molar-refractivity contribution in [2.24, 2.45) is 7.05 Å². The van der Waals surface area contributed by atoms with Gasteiger partial charge in [-0.05, 0) is 31.4 Å². The molecule has 0 atom stereocenters. The molecule has 1 aromatic carbocycles. The first-order chi connectivity index (χ1) is 14.2. The fourth-order valence-electron chi connectivity index (χ4n) is 3.41.